The van der Waals surface area contributed by atoms with Gasteiger partial charge in [0.15, 0.2) is 17.8 Å². The van der Waals surface area contributed by atoms with Crippen molar-refractivity contribution in [1.82, 2.24) is 0 Å². The first-order valence-corrected chi connectivity index (χ1v) is 6.46. The second kappa shape index (κ2) is 5.89. The van der Waals surface area contributed by atoms with Crippen LogP contribution in [-0.4, -0.2) is 20.5 Å². The molecule has 2 aromatic carbocycles. The average Bonchev–Trinajstić information content (AvgIpc) is 2.45. The number of hydrogen-bond acceptors (Lipinski definition) is 3. The fourth-order valence-electron chi connectivity index (χ4n) is 1.90. The summed E-state index contributed by atoms with van der Waals surface area (Å²) >= 11 is 3.43. The molecule has 0 saturated carbocycles. The monoisotopic (exact) mass is 320 g/mol. The fourth-order valence-corrected chi connectivity index (χ4v) is 2.30. The number of hydrogen-bond donors (Lipinski definition) is 0. The van der Waals surface area contributed by atoms with Gasteiger partial charge >= 0.3 is 0 Å². The summed E-state index contributed by atoms with van der Waals surface area (Å²) in [6.07, 6.45) is 0.818. The minimum Gasteiger partial charge on any atom is -0.493 e. The van der Waals surface area contributed by atoms with Crippen molar-refractivity contribution in [1.29, 1.82) is 0 Å². The summed E-state index contributed by atoms with van der Waals surface area (Å²) in [6.45, 7) is 0. The summed E-state index contributed by atoms with van der Waals surface area (Å²) < 4.78 is 11.4. The molecule has 2 aromatic rings. The number of aldehydes is 1. The molecule has 0 aliphatic rings. The molecule has 0 unspecified atom stereocenters. The Bertz CT molecular complexity index is 608. The zero-order chi connectivity index (χ0) is 13.8. The Labute approximate surface area is 120 Å². The summed E-state index contributed by atoms with van der Waals surface area (Å²) in [5.74, 6) is 1.14. The van der Waals surface area contributed by atoms with Crippen LogP contribution >= 0.6 is 15.9 Å². The van der Waals surface area contributed by atoms with Crippen molar-refractivity contribution in [2.45, 2.75) is 0 Å². The number of benzene rings is 2. The van der Waals surface area contributed by atoms with Gasteiger partial charge in [-0.15, -0.1) is 0 Å². The fraction of sp³-hybridized carbons (Fsp3) is 0.133. The predicted octanol–water partition coefficient (Wildman–Crippen LogP) is 3.95. The number of carbonyl (C=O) groups excluding carboxylic acids is 1. The van der Waals surface area contributed by atoms with E-state index in [1.165, 1.54) is 0 Å². The molecular formula is C15H13BrO3. The van der Waals surface area contributed by atoms with Gasteiger partial charge in [0, 0.05) is 10.0 Å². The Morgan fingerprint density at radius 2 is 1.74 bits per heavy atom. The third-order valence-electron chi connectivity index (χ3n) is 2.82. The molecule has 98 valence electrons. The Morgan fingerprint density at radius 3 is 2.32 bits per heavy atom. The molecule has 0 fully saturated rings. The molecule has 0 bridgehead atoms. The van der Waals surface area contributed by atoms with E-state index in [0.29, 0.717) is 17.1 Å². The van der Waals surface area contributed by atoms with Gasteiger partial charge in [-0.05, 0) is 35.4 Å². The van der Waals surface area contributed by atoms with Gasteiger partial charge < -0.3 is 9.47 Å². The van der Waals surface area contributed by atoms with Gasteiger partial charge in [0.1, 0.15) is 0 Å². The Morgan fingerprint density at radius 1 is 1.05 bits per heavy atom. The van der Waals surface area contributed by atoms with Crippen molar-refractivity contribution >= 4 is 22.2 Å². The lowest BCUT2D eigenvalue weighted by molar-refractivity contribution is 0.112. The van der Waals surface area contributed by atoms with Crippen LogP contribution in [0.25, 0.3) is 11.1 Å². The largest absolute Gasteiger partial charge is 0.493 e. The van der Waals surface area contributed by atoms with E-state index in [-0.39, 0.29) is 0 Å². The molecule has 0 N–H and O–H groups in total. The second-order valence-corrected chi connectivity index (χ2v) is 4.84. The average molecular weight is 321 g/mol. The lowest BCUT2D eigenvalue weighted by Crippen LogP contribution is -1.95. The van der Waals surface area contributed by atoms with Crippen molar-refractivity contribution in [2.75, 3.05) is 14.2 Å². The van der Waals surface area contributed by atoms with E-state index in [9.17, 15) is 4.79 Å². The first-order valence-electron chi connectivity index (χ1n) is 5.66. The van der Waals surface area contributed by atoms with Crippen LogP contribution in [0.15, 0.2) is 40.9 Å². The van der Waals surface area contributed by atoms with Crippen LogP contribution in [0.4, 0.5) is 0 Å². The van der Waals surface area contributed by atoms with Crippen molar-refractivity contribution in [3.05, 3.63) is 46.4 Å². The molecule has 0 saturated heterocycles. The highest BCUT2D eigenvalue weighted by Crippen LogP contribution is 2.35. The highest BCUT2D eigenvalue weighted by molar-refractivity contribution is 9.10. The van der Waals surface area contributed by atoms with E-state index in [4.69, 9.17) is 9.47 Å². The number of carbonyl (C=O) groups is 1. The summed E-state index contributed by atoms with van der Waals surface area (Å²) in [6, 6.07) is 11.2. The lowest BCUT2D eigenvalue weighted by Gasteiger charge is -2.12. The molecule has 0 aromatic heterocycles. The molecule has 19 heavy (non-hydrogen) atoms. The van der Waals surface area contributed by atoms with Crippen molar-refractivity contribution in [3.63, 3.8) is 0 Å². The van der Waals surface area contributed by atoms with E-state index in [1.54, 1.807) is 20.3 Å². The Kier molecular flexibility index (Phi) is 4.22. The van der Waals surface area contributed by atoms with Crippen LogP contribution in [0.1, 0.15) is 10.4 Å². The predicted molar refractivity (Wildman–Crippen MR) is 78.1 cm³/mol. The van der Waals surface area contributed by atoms with E-state index >= 15 is 0 Å². The smallest absolute Gasteiger partial charge is 0.161 e. The standard InChI is InChI=1S/C15H13BrO3/c1-18-14-7-11(9-17)13(8-15(14)19-2)10-4-3-5-12(16)6-10/h3-9H,1-2H3. The van der Waals surface area contributed by atoms with Crippen LogP contribution in [0, 0.1) is 0 Å². The van der Waals surface area contributed by atoms with Gasteiger partial charge in [0.05, 0.1) is 14.2 Å². The molecule has 0 aliphatic carbocycles. The van der Waals surface area contributed by atoms with Crippen LogP contribution in [0.2, 0.25) is 0 Å². The molecule has 3 nitrogen and oxygen atoms in total. The summed E-state index contributed by atoms with van der Waals surface area (Å²) in [4.78, 5) is 11.2. The van der Waals surface area contributed by atoms with Gasteiger partial charge in [-0.1, -0.05) is 28.1 Å². The maximum atomic E-state index is 11.2. The van der Waals surface area contributed by atoms with E-state index in [0.717, 1.165) is 21.9 Å². The molecule has 0 amide bonds. The number of rotatable bonds is 4. The van der Waals surface area contributed by atoms with Crippen LogP contribution in [-0.2, 0) is 0 Å². The normalized spacial score (nSPS) is 10.1. The lowest BCUT2D eigenvalue weighted by atomic mass is 9.99. The second-order valence-electron chi connectivity index (χ2n) is 3.92. The van der Waals surface area contributed by atoms with E-state index < -0.39 is 0 Å². The quantitative estimate of drug-likeness (QED) is 0.800. The van der Waals surface area contributed by atoms with Crippen molar-refractivity contribution < 1.29 is 14.3 Å². The molecule has 0 heterocycles. The van der Waals surface area contributed by atoms with E-state index in [2.05, 4.69) is 15.9 Å². The number of methoxy groups -OCH3 is 2. The number of halogens is 1. The summed E-state index contributed by atoms with van der Waals surface area (Å²) in [7, 11) is 3.12. The van der Waals surface area contributed by atoms with Gasteiger partial charge in [-0.3, -0.25) is 4.79 Å². The highest BCUT2D eigenvalue weighted by atomic mass is 79.9. The number of ether oxygens (including phenoxy) is 2. The zero-order valence-electron chi connectivity index (χ0n) is 10.6. The van der Waals surface area contributed by atoms with E-state index in [1.807, 2.05) is 30.3 Å². The minimum absolute atomic E-state index is 0.545. The van der Waals surface area contributed by atoms with Crippen LogP contribution < -0.4 is 9.47 Å². The maximum absolute atomic E-state index is 11.2. The van der Waals surface area contributed by atoms with Crippen molar-refractivity contribution in [2.24, 2.45) is 0 Å². The van der Waals surface area contributed by atoms with Crippen LogP contribution in [0.5, 0.6) is 11.5 Å². The third-order valence-corrected chi connectivity index (χ3v) is 3.31. The molecule has 0 atom stereocenters. The first kappa shape index (κ1) is 13.6. The van der Waals surface area contributed by atoms with Crippen LogP contribution in [0.3, 0.4) is 0 Å². The maximum Gasteiger partial charge on any atom is 0.161 e. The molecule has 2 rings (SSSR count). The molecular weight excluding hydrogens is 308 g/mol. The summed E-state index contributed by atoms with van der Waals surface area (Å²) in [5, 5.41) is 0. The van der Waals surface area contributed by atoms with Gasteiger partial charge in [-0.25, -0.2) is 0 Å². The summed E-state index contributed by atoms with van der Waals surface area (Å²) in [5.41, 5.74) is 2.32. The Balaban J connectivity index is 2.65. The first-order chi connectivity index (χ1) is 9.19. The molecule has 0 aliphatic heterocycles. The topological polar surface area (TPSA) is 35.5 Å². The molecule has 4 heteroatoms. The minimum atomic E-state index is 0.545. The SMILES string of the molecule is COc1cc(C=O)c(-c2cccc(Br)c2)cc1OC. The zero-order valence-corrected chi connectivity index (χ0v) is 12.2. The molecule has 0 radical (unpaired) electrons. The highest BCUT2D eigenvalue weighted by Gasteiger charge is 2.12. The van der Waals surface area contributed by atoms with Crippen molar-refractivity contribution in [3.8, 4) is 22.6 Å². The van der Waals surface area contributed by atoms with Gasteiger partial charge in [0.2, 0.25) is 0 Å². The molecule has 0 spiro atoms. The van der Waals surface area contributed by atoms with Gasteiger partial charge in [-0.2, -0.15) is 0 Å². The third kappa shape index (κ3) is 2.79. The van der Waals surface area contributed by atoms with Gasteiger partial charge in [0.25, 0.3) is 0 Å². The Hall–Kier alpha value is -1.81.